The van der Waals surface area contributed by atoms with Crippen molar-refractivity contribution in [1.82, 2.24) is 4.90 Å². The van der Waals surface area contributed by atoms with Crippen LogP contribution in [0.4, 0.5) is 4.79 Å². The number of rotatable bonds is 3. The van der Waals surface area contributed by atoms with E-state index in [4.69, 9.17) is 14.2 Å². The third-order valence-electron chi connectivity index (χ3n) is 3.70. The van der Waals surface area contributed by atoms with Crippen LogP contribution in [0.3, 0.4) is 0 Å². The highest BCUT2D eigenvalue weighted by atomic mass is 16.6. The summed E-state index contributed by atoms with van der Waals surface area (Å²) in [6.07, 6.45) is -0.344. The summed E-state index contributed by atoms with van der Waals surface area (Å²) in [4.78, 5) is 36.9. The second-order valence-corrected chi connectivity index (χ2v) is 5.13. The summed E-state index contributed by atoms with van der Waals surface area (Å²) in [5, 5.41) is 0. The molecule has 1 aliphatic heterocycles. The fraction of sp³-hybridized carbons (Fsp3) is 0.438. The van der Waals surface area contributed by atoms with Crippen LogP contribution in [0.2, 0.25) is 0 Å². The van der Waals surface area contributed by atoms with Gasteiger partial charge < -0.3 is 14.2 Å². The van der Waals surface area contributed by atoms with Crippen LogP contribution < -0.4 is 0 Å². The molecule has 0 spiro atoms. The lowest BCUT2D eigenvalue weighted by atomic mass is 10.0. The third kappa shape index (κ3) is 4.00. The van der Waals surface area contributed by atoms with Crippen LogP contribution in [0, 0.1) is 0 Å². The van der Waals surface area contributed by atoms with Crippen molar-refractivity contribution in [3.05, 3.63) is 35.9 Å². The van der Waals surface area contributed by atoms with Gasteiger partial charge in [-0.2, -0.15) is 0 Å². The molecule has 1 aliphatic rings. The predicted molar refractivity (Wildman–Crippen MR) is 79.8 cm³/mol. The number of piperidine rings is 1. The van der Waals surface area contributed by atoms with E-state index in [1.807, 2.05) is 0 Å². The highest BCUT2D eigenvalue weighted by Gasteiger charge is 2.38. The lowest BCUT2D eigenvalue weighted by Gasteiger charge is -2.36. The van der Waals surface area contributed by atoms with E-state index >= 15 is 0 Å². The van der Waals surface area contributed by atoms with Crippen molar-refractivity contribution in [2.24, 2.45) is 0 Å². The van der Waals surface area contributed by atoms with Gasteiger partial charge in [-0.25, -0.2) is 14.4 Å². The number of benzene rings is 1. The van der Waals surface area contributed by atoms with E-state index < -0.39 is 30.2 Å². The smallest absolute Gasteiger partial charge is 0.410 e. The maximum absolute atomic E-state index is 12.1. The fourth-order valence-corrected chi connectivity index (χ4v) is 2.53. The molecule has 0 radical (unpaired) electrons. The van der Waals surface area contributed by atoms with Crippen molar-refractivity contribution in [2.75, 3.05) is 20.8 Å². The number of hydrogen-bond acceptors (Lipinski definition) is 6. The van der Waals surface area contributed by atoms with Gasteiger partial charge in [0.2, 0.25) is 0 Å². The van der Waals surface area contributed by atoms with Crippen molar-refractivity contribution < 1.29 is 28.6 Å². The molecule has 1 heterocycles. The zero-order valence-corrected chi connectivity index (χ0v) is 13.1. The second kappa shape index (κ2) is 7.62. The molecule has 7 nitrogen and oxygen atoms in total. The molecule has 0 N–H and O–H groups in total. The molecule has 2 atom stereocenters. The Labute approximate surface area is 134 Å². The molecule has 0 aliphatic carbocycles. The van der Waals surface area contributed by atoms with Gasteiger partial charge in [0.25, 0.3) is 0 Å². The van der Waals surface area contributed by atoms with Crippen molar-refractivity contribution >= 4 is 18.0 Å². The van der Waals surface area contributed by atoms with E-state index in [-0.39, 0.29) is 6.54 Å². The first-order chi connectivity index (χ1) is 11.1. The maximum Gasteiger partial charge on any atom is 0.410 e. The summed E-state index contributed by atoms with van der Waals surface area (Å²) in [5.41, 5.74) is 0.437. The molecule has 1 fully saturated rings. The lowest BCUT2D eigenvalue weighted by Crippen LogP contribution is -2.53. The number of carbonyl (C=O) groups is 3. The number of likely N-dealkylation sites (tertiary alicyclic amines) is 1. The van der Waals surface area contributed by atoms with Crippen LogP contribution in [-0.4, -0.2) is 55.8 Å². The monoisotopic (exact) mass is 321 g/mol. The molecule has 1 amide bonds. The minimum atomic E-state index is -0.723. The quantitative estimate of drug-likeness (QED) is 0.621. The minimum Gasteiger partial charge on any atom is -0.467 e. The van der Waals surface area contributed by atoms with Crippen molar-refractivity contribution in [3.8, 4) is 0 Å². The Balaban J connectivity index is 2.04. The Kier molecular flexibility index (Phi) is 5.56. The molecular weight excluding hydrogens is 302 g/mol. The Morgan fingerprint density at radius 2 is 1.74 bits per heavy atom. The molecule has 1 aromatic rings. The summed E-state index contributed by atoms with van der Waals surface area (Å²) in [6, 6.07) is 7.87. The summed E-state index contributed by atoms with van der Waals surface area (Å²) in [5.74, 6) is -0.972. The second-order valence-electron chi connectivity index (χ2n) is 5.13. The van der Waals surface area contributed by atoms with E-state index in [9.17, 15) is 14.4 Å². The molecule has 0 saturated carbocycles. The average molecular weight is 321 g/mol. The van der Waals surface area contributed by atoms with E-state index in [2.05, 4.69) is 0 Å². The van der Waals surface area contributed by atoms with Crippen molar-refractivity contribution in [3.63, 3.8) is 0 Å². The van der Waals surface area contributed by atoms with Gasteiger partial charge in [0.1, 0.15) is 12.1 Å². The number of ether oxygens (including phenoxy) is 3. The molecule has 0 bridgehead atoms. The van der Waals surface area contributed by atoms with Gasteiger partial charge in [0.15, 0.2) is 0 Å². The van der Waals surface area contributed by atoms with Gasteiger partial charge in [-0.05, 0) is 25.0 Å². The molecule has 0 aromatic heterocycles. The highest BCUT2D eigenvalue weighted by Crippen LogP contribution is 2.22. The largest absolute Gasteiger partial charge is 0.467 e. The van der Waals surface area contributed by atoms with Gasteiger partial charge >= 0.3 is 18.0 Å². The summed E-state index contributed by atoms with van der Waals surface area (Å²) < 4.78 is 14.8. The molecule has 23 heavy (non-hydrogen) atoms. The van der Waals surface area contributed by atoms with E-state index in [1.165, 1.54) is 19.1 Å². The number of esters is 2. The maximum atomic E-state index is 12.1. The number of carbonyl (C=O) groups excluding carboxylic acids is 3. The Hall–Kier alpha value is -2.57. The lowest BCUT2D eigenvalue weighted by molar-refractivity contribution is -0.148. The molecule has 2 rings (SSSR count). The summed E-state index contributed by atoms with van der Waals surface area (Å²) in [7, 11) is 2.50. The SMILES string of the molecule is COC(=O)[C@H]1CC[C@@H](OC(=O)c2ccccc2)CN1C(=O)OC. The van der Waals surface area contributed by atoms with Crippen LogP contribution in [0.5, 0.6) is 0 Å². The van der Waals surface area contributed by atoms with Gasteiger partial charge in [0, 0.05) is 0 Å². The van der Waals surface area contributed by atoms with Crippen molar-refractivity contribution in [1.29, 1.82) is 0 Å². The normalized spacial score (nSPS) is 20.5. The topological polar surface area (TPSA) is 82.1 Å². The van der Waals surface area contributed by atoms with Crippen LogP contribution in [0.25, 0.3) is 0 Å². The predicted octanol–water partition coefficient (Wildman–Crippen LogP) is 1.62. The van der Waals surface area contributed by atoms with Gasteiger partial charge in [-0.3, -0.25) is 4.90 Å². The molecule has 0 unspecified atom stereocenters. The first-order valence-electron chi connectivity index (χ1n) is 7.25. The fourth-order valence-electron chi connectivity index (χ4n) is 2.53. The van der Waals surface area contributed by atoms with Gasteiger partial charge in [0.05, 0.1) is 26.3 Å². The number of amides is 1. The van der Waals surface area contributed by atoms with Crippen molar-refractivity contribution in [2.45, 2.75) is 25.0 Å². The van der Waals surface area contributed by atoms with Crippen LogP contribution in [0.1, 0.15) is 23.2 Å². The Bertz CT molecular complexity index is 573. The molecule has 124 valence electrons. The van der Waals surface area contributed by atoms with Crippen LogP contribution in [0.15, 0.2) is 30.3 Å². The highest BCUT2D eigenvalue weighted by molar-refractivity contribution is 5.89. The van der Waals surface area contributed by atoms with Gasteiger partial charge in [-0.1, -0.05) is 18.2 Å². The van der Waals surface area contributed by atoms with Gasteiger partial charge in [-0.15, -0.1) is 0 Å². The van der Waals surface area contributed by atoms with E-state index in [0.717, 1.165) is 0 Å². The number of nitrogens with zero attached hydrogens (tertiary/aromatic N) is 1. The van der Waals surface area contributed by atoms with Crippen LogP contribution >= 0.6 is 0 Å². The summed E-state index contributed by atoms with van der Waals surface area (Å²) in [6.45, 7) is 0.0883. The van der Waals surface area contributed by atoms with Crippen LogP contribution in [-0.2, 0) is 19.0 Å². The molecule has 7 heteroatoms. The summed E-state index contributed by atoms with van der Waals surface area (Å²) >= 11 is 0. The molecule has 1 aromatic carbocycles. The molecular formula is C16H19NO6. The van der Waals surface area contributed by atoms with E-state index in [0.29, 0.717) is 18.4 Å². The zero-order chi connectivity index (χ0) is 16.8. The van der Waals surface area contributed by atoms with E-state index in [1.54, 1.807) is 30.3 Å². The standard InChI is InChI=1S/C16H19NO6/c1-21-15(19)13-9-8-12(10-17(13)16(20)22-2)23-14(18)11-6-4-3-5-7-11/h3-7,12-13H,8-10H2,1-2H3/t12-,13-/m1/s1. The zero-order valence-electron chi connectivity index (χ0n) is 13.1. The Morgan fingerprint density at radius 3 is 2.35 bits per heavy atom. The third-order valence-corrected chi connectivity index (χ3v) is 3.70. The number of hydrogen-bond donors (Lipinski definition) is 0. The first kappa shape index (κ1) is 16.8. The Morgan fingerprint density at radius 1 is 1.04 bits per heavy atom. The molecule has 1 saturated heterocycles. The average Bonchev–Trinajstić information content (AvgIpc) is 2.61. The number of methoxy groups -OCH3 is 2. The first-order valence-corrected chi connectivity index (χ1v) is 7.25. The minimum absolute atomic E-state index is 0.0883.